The van der Waals surface area contributed by atoms with Gasteiger partial charge in [0.15, 0.2) is 0 Å². The molecule has 0 saturated carbocycles. The zero-order valence-electron chi connectivity index (χ0n) is 17.0. The first-order valence-electron chi connectivity index (χ1n) is 9.72. The lowest BCUT2D eigenvalue weighted by atomic mass is 10.2. The molecule has 7 nitrogen and oxygen atoms in total. The lowest BCUT2D eigenvalue weighted by Gasteiger charge is -2.09. The topological polar surface area (TPSA) is 83.8 Å². The average molecular weight is 432 g/mol. The molecule has 0 aliphatic rings. The van der Waals surface area contributed by atoms with E-state index in [0.29, 0.717) is 25.4 Å². The van der Waals surface area contributed by atoms with Crippen LogP contribution in [-0.2, 0) is 30.4 Å². The monoisotopic (exact) mass is 431 g/mol. The Balaban J connectivity index is 1.49. The Kier molecular flexibility index (Phi) is 7.12. The molecule has 0 radical (unpaired) electrons. The smallest absolute Gasteiger partial charge is 0.325 e. The Bertz CT molecular complexity index is 1100. The van der Waals surface area contributed by atoms with Crippen LogP contribution in [0, 0.1) is 6.92 Å². The molecule has 160 valence electrons. The molecule has 0 bridgehead atoms. The summed E-state index contributed by atoms with van der Waals surface area (Å²) in [4.78, 5) is 11.8. The Morgan fingerprint density at radius 2 is 1.80 bits per heavy atom. The van der Waals surface area contributed by atoms with Crippen LogP contribution in [0.4, 0.5) is 0 Å². The largest absolute Gasteiger partial charge is 0.493 e. The van der Waals surface area contributed by atoms with Crippen molar-refractivity contribution in [2.24, 2.45) is 0 Å². The Morgan fingerprint density at radius 3 is 2.53 bits per heavy atom. The van der Waals surface area contributed by atoms with E-state index in [4.69, 9.17) is 13.7 Å². The maximum Gasteiger partial charge on any atom is 0.325 e. The van der Waals surface area contributed by atoms with Gasteiger partial charge in [-0.1, -0.05) is 17.7 Å². The quantitative estimate of drug-likeness (QED) is 0.277. The fraction of sp³-hybridized carbons (Fsp3) is 0.318. The van der Waals surface area contributed by atoms with E-state index in [0.717, 1.165) is 16.5 Å². The first-order chi connectivity index (χ1) is 14.4. The molecular formula is C22H25NO6S. The van der Waals surface area contributed by atoms with E-state index >= 15 is 0 Å². The molecule has 3 rings (SSSR count). The van der Waals surface area contributed by atoms with Gasteiger partial charge < -0.3 is 14.0 Å². The molecule has 2 aromatic carbocycles. The number of esters is 1. The molecule has 30 heavy (non-hydrogen) atoms. The van der Waals surface area contributed by atoms with Crippen molar-refractivity contribution >= 4 is 27.0 Å². The van der Waals surface area contributed by atoms with Gasteiger partial charge in [-0.2, -0.15) is 8.42 Å². The SMILES string of the molecule is CCOC(=O)Cn1ccc2cc(OCCCOS(=O)(=O)c3ccc(C)cc3)ccc21. The van der Waals surface area contributed by atoms with Gasteiger partial charge in [-0.3, -0.25) is 8.98 Å². The zero-order chi connectivity index (χ0) is 21.6. The fourth-order valence-corrected chi connectivity index (χ4v) is 3.88. The molecule has 0 aliphatic heterocycles. The fourth-order valence-electron chi connectivity index (χ4n) is 2.94. The molecule has 0 fully saturated rings. The van der Waals surface area contributed by atoms with E-state index in [1.807, 2.05) is 42.0 Å². The van der Waals surface area contributed by atoms with Crippen molar-refractivity contribution in [3.05, 3.63) is 60.3 Å². The van der Waals surface area contributed by atoms with Crippen molar-refractivity contribution in [3.63, 3.8) is 0 Å². The molecule has 0 amide bonds. The summed E-state index contributed by atoms with van der Waals surface area (Å²) in [6.45, 7) is 4.53. The van der Waals surface area contributed by atoms with Gasteiger partial charge in [0, 0.05) is 23.5 Å². The summed E-state index contributed by atoms with van der Waals surface area (Å²) in [6.07, 6.45) is 2.25. The number of hydrogen-bond acceptors (Lipinski definition) is 6. The van der Waals surface area contributed by atoms with Crippen LogP contribution < -0.4 is 4.74 Å². The van der Waals surface area contributed by atoms with Gasteiger partial charge in [0.1, 0.15) is 12.3 Å². The highest BCUT2D eigenvalue weighted by molar-refractivity contribution is 7.86. The molecule has 0 spiro atoms. The number of rotatable bonds is 10. The Hall–Kier alpha value is -2.84. The van der Waals surface area contributed by atoms with Crippen molar-refractivity contribution < 1.29 is 26.9 Å². The van der Waals surface area contributed by atoms with Gasteiger partial charge in [-0.05, 0) is 50.2 Å². The number of fused-ring (bicyclic) bond motifs is 1. The maximum absolute atomic E-state index is 12.1. The summed E-state index contributed by atoms with van der Waals surface area (Å²) in [5, 5.41) is 0.940. The highest BCUT2D eigenvalue weighted by Crippen LogP contribution is 2.22. The minimum atomic E-state index is -3.76. The van der Waals surface area contributed by atoms with Crippen molar-refractivity contribution in [1.29, 1.82) is 0 Å². The lowest BCUT2D eigenvalue weighted by molar-refractivity contribution is -0.143. The maximum atomic E-state index is 12.1. The highest BCUT2D eigenvalue weighted by Gasteiger charge is 2.14. The number of hydrogen-bond donors (Lipinski definition) is 0. The van der Waals surface area contributed by atoms with Crippen molar-refractivity contribution in [2.75, 3.05) is 19.8 Å². The van der Waals surface area contributed by atoms with E-state index in [1.54, 1.807) is 19.1 Å². The minimum Gasteiger partial charge on any atom is -0.493 e. The number of aromatic nitrogens is 1. The number of carbonyl (C=O) groups is 1. The summed E-state index contributed by atoms with van der Waals surface area (Å²) >= 11 is 0. The van der Waals surface area contributed by atoms with Crippen molar-refractivity contribution in [2.45, 2.75) is 31.7 Å². The summed E-state index contributed by atoms with van der Waals surface area (Å²) in [6, 6.07) is 14.0. The van der Waals surface area contributed by atoms with Crippen LogP contribution in [0.2, 0.25) is 0 Å². The van der Waals surface area contributed by atoms with Crippen LogP contribution in [0.15, 0.2) is 59.6 Å². The standard InChI is InChI=1S/C22H25NO6S/c1-3-27-22(24)16-23-12-11-18-15-19(7-10-21(18)23)28-13-4-14-29-30(25,26)20-8-5-17(2)6-9-20/h5-12,15H,3-4,13-14,16H2,1-2H3. The second kappa shape index (κ2) is 9.77. The van der Waals surface area contributed by atoms with E-state index in [1.165, 1.54) is 12.1 Å². The minimum absolute atomic E-state index is 0.0361. The molecule has 0 aliphatic carbocycles. The molecule has 1 aromatic heterocycles. The molecule has 3 aromatic rings. The van der Waals surface area contributed by atoms with Crippen LogP contribution in [0.1, 0.15) is 18.9 Å². The molecular weight excluding hydrogens is 406 g/mol. The molecule has 0 atom stereocenters. The number of benzene rings is 2. The third-order valence-electron chi connectivity index (χ3n) is 4.45. The summed E-state index contributed by atoms with van der Waals surface area (Å²) < 4.78 is 41.9. The Morgan fingerprint density at radius 1 is 1.03 bits per heavy atom. The highest BCUT2D eigenvalue weighted by atomic mass is 32.2. The molecule has 8 heteroatoms. The third-order valence-corrected chi connectivity index (χ3v) is 5.78. The average Bonchev–Trinajstić information content (AvgIpc) is 3.10. The number of nitrogens with zero attached hydrogens (tertiary/aromatic N) is 1. The first-order valence-corrected chi connectivity index (χ1v) is 11.1. The van der Waals surface area contributed by atoms with Gasteiger partial charge in [-0.25, -0.2) is 0 Å². The van der Waals surface area contributed by atoms with E-state index < -0.39 is 10.1 Å². The van der Waals surface area contributed by atoms with Crippen LogP contribution >= 0.6 is 0 Å². The van der Waals surface area contributed by atoms with E-state index in [9.17, 15) is 13.2 Å². The number of aryl methyl sites for hydroxylation is 1. The van der Waals surface area contributed by atoms with E-state index in [-0.39, 0.29) is 24.0 Å². The van der Waals surface area contributed by atoms with Gasteiger partial charge in [-0.15, -0.1) is 0 Å². The normalized spacial score (nSPS) is 11.5. The second-order valence-electron chi connectivity index (χ2n) is 6.76. The molecule has 1 heterocycles. The summed E-state index contributed by atoms with van der Waals surface area (Å²) in [5.74, 6) is 0.383. The van der Waals surface area contributed by atoms with Gasteiger partial charge in [0.2, 0.25) is 0 Å². The third kappa shape index (κ3) is 5.61. The van der Waals surface area contributed by atoms with Crippen LogP contribution in [0.5, 0.6) is 5.75 Å². The predicted octanol–water partition coefficient (Wildman–Crippen LogP) is 3.69. The van der Waals surface area contributed by atoms with Gasteiger partial charge in [0.05, 0.1) is 24.7 Å². The second-order valence-corrected chi connectivity index (χ2v) is 8.38. The number of carbonyl (C=O) groups excluding carboxylic acids is 1. The zero-order valence-corrected chi connectivity index (χ0v) is 17.9. The first kappa shape index (κ1) is 21.9. The number of ether oxygens (including phenoxy) is 2. The van der Waals surface area contributed by atoms with Gasteiger partial charge in [0.25, 0.3) is 10.1 Å². The summed E-state index contributed by atoms with van der Waals surface area (Å²) in [5.41, 5.74) is 1.89. The van der Waals surface area contributed by atoms with Crippen LogP contribution in [0.25, 0.3) is 10.9 Å². The Labute approximate surface area is 176 Å². The molecule has 0 N–H and O–H groups in total. The van der Waals surface area contributed by atoms with Crippen molar-refractivity contribution in [3.8, 4) is 5.75 Å². The van der Waals surface area contributed by atoms with Gasteiger partial charge >= 0.3 is 5.97 Å². The molecule has 0 unspecified atom stereocenters. The van der Waals surface area contributed by atoms with Crippen LogP contribution in [0.3, 0.4) is 0 Å². The van der Waals surface area contributed by atoms with Crippen molar-refractivity contribution in [1.82, 2.24) is 4.57 Å². The molecule has 0 saturated heterocycles. The predicted molar refractivity (Wildman–Crippen MR) is 113 cm³/mol. The van der Waals surface area contributed by atoms with Crippen LogP contribution in [-0.4, -0.2) is 38.8 Å². The van der Waals surface area contributed by atoms with E-state index in [2.05, 4.69) is 0 Å². The summed E-state index contributed by atoms with van der Waals surface area (Å²) in [7, 11) is -3.76. The lowest BCUT2D eigenvalue weighted by Crippen LogP contribution is -2.12.